The van der Waals surface area contributed by atoms with Crippen LogP contribution in [0.25, 0.3) is 0 Å². The minimum absolute atomic E-state index is 0.0926. The number of hydrogen-bond donors (Lipinski definition) is 0. The highest BCUT2D eigenvalue weighted by atomic mass is 35.5. The summed E-state index contributed by atoms with van der Waals surface area (Å²) >= 11 is 37.6. The number of alkyl halides is 6. The highest BCUT2D eigenvalue weighted by Gasteiger charge is 2.74. The molecule has 0 aliphatic heterocycles. The lowest BCUT2D eigenvalue weighted by atomic mass is 9.70. The first kappa shape index (κ1) is 14.2. The van der Waals surface area contributed by atoms with Crippen LogP contribution >= 0.6 is 69.6 Å². The molecule has 2 aliphatic rings. The molecule has 0 radical (unpaired) electrons. The van der Waals surface area contributed by atoms with Crippen molar-refractivity contribution in [1.82, 2.24) is 0 Å². The summed E-state index contributed by atoms with van der Waals surface area (Å²) in [7, 11) is 0. The minimum atomic E-state index is -0.446. The lowest BCUT2D eigenvalue weighted by Gasteiger charge is -2.43. The second-order valence-corrected chi connectivity index (χ2v) is 7.06. The van der Waals surface area contributed by atoms with E-state index in [2.05, 4.69) is 0 Å². The van der Waals surface area contributed by atoms with Gasteiger partial charge in [-0.15, -0.1) is 69.6 Å². The standard InChI is InChI=1S/C10H12Cl6/c11-2-9(3-12)5-1-6(14)10(9,4-13)8(16)7(5)15/h5-8H,1-4H2/t5?,6-,7-,8+,10?/m0/s1. The maximum atomic E-state index is 6.43. The summed E-state index contributed by atoms with van der Waals surface area (Å²) in [5, 5.41) is -0.497. The highest BCUT2D eigenvalue weighted by Crippen LogP contribution is 2.71. The quantitative estimate of drug-likeness (QED) is 0.660. The van der Waals surface area contributed by atoms with E-state index in [0.29, 0.717) is 17.6 Å². The molecule has 0 nitrogen and oxygen atoms in total. The van der Waals surface area contributed by atoms with Crippen molar-refractivity contribution in [3.63, 3.8) is 0 Å². The predicted molar refractivity (Wildman–Crippen MR) is 74.1 cm³/mol. The SMILES string of the molecule is ClCC1(CCl)C2C[C@H](Cl)C1(CCl)[C@H](Cl)[C@H]2Cl. The fourth-order valence-electron chi connectivity index (χ4n) is 3.46. The van der Waals surface area contributed by atoms with Gasteiger partial charge in [0.15, 0.2) is 0 Å². The van der Waals surface area contributed by atoms with Crippen LogP contribution in [-0.2, 0) is 0 Å². The fourth-order valence-corrected chi connectivity index (χ4v) is 7.29. The molecule has 16 heavy (non-hydrogen) atoms. The predicted octanol–water partition coefficient (Wildman–Crippen LogP) is 4.53. The molecule has 0 aromatic carbocycles. The van der Waals surface area contributed by atoms with Gasteiger partial charge >= 0.3 is 0 Å². The van der Waals surface area contributed by atoms with Crippen LogP contribution in [-0.4, -0.2) is 33.8 Å². The number of fused-ring (bicyclic) bond motifs is 2. The van der Waals surface area contributed by atoms with Gasteiger partial charge in [0, 0.05) is 33.8 Å². The van der Waals surface area contributed by atoms with Crippen molar-refractivity contribution in [2.75, 3.05) is 17.6 Å². The Morgan fingerprint density at radius 3 is 1.88 bits per heavy atom. The number of hydrogen-bond acceptors (Lipinski definition) is 0. The van der Waals surface area contributed by atoms with Crippen molar-refractivity contribution in [3.8, 4) is 0 Å². The first-order chi connectivity index (χ1) is 7.51. The molecule has 2 unspecified atom stereocenters. The van der Waals surface area contributed by atoms with Gasteiger partial charge in [-0.05, 0) is 12.3 Å². The van der Waals surface area contributed by atoms with E-state index >= 15 is 0 Å². The summed E-state index contributed by atoms with van der Waals surface area (Å²) in [4.78, 5) is 0. The van der Waals surface area contributed by atoms with E-state index in [4.69, 9.17) is 69.6 Å². The van der Waals surface area contributed by atoms with Gasteiger partial charge in [-0.3, -0.25) is 0 Å². The first-order valence-electron chi connectivity index (χ1n) is 5.12. The van der Waals surface area contributed by atoms with Gasteiger partial charge in [0.1, 0.15) is 0 Å². The normalized spacial score (nSPS) is 49.9. The van der Waals surface area contributed by atoms with E-state index in [1.807, 2.05) is 0 Å². The average Bonchev–Trinajstić information content (AvgIpc) is 2.65. The molecule has 6 heteroatoms. The Morgan fingerprint density at radius 2 is 1.50 bits per heavy atom. The zero-order valence-corrected chi connectivity index (χ0v) is 12.9. The molecule has 94 valence electrons. The van der Waals surface area contributed by atoms with Crippen LogP contribution in [0.3, 0.4) is 0 Å². The molecular formula is C10H12Cl6. The molecule has 5 atom stereocenters. The molecule has 0 spiro atoms. The van der Waals surface area contributed by atoms with Crippen LogP contribution in [0, 0.1) is 16.7 Å². The molecule has 0 amide bonds. The Bertz CT molecular complexity index is 278. The van der Waals surface area contributed by atoms with Gasteiger partial charge in [0.2, 0.25) is 0 Å². The van der Waals surface area contributed by atoms with Crippen LogP contribution in [0.4, 0.5) is 0 Å². The summed E-state index contributed by atoms with van der Waals surface area (Å²) in [5.41, 5.74) is -0.776. The van der Waals surface area contributed by atoms with Gasteiger partial charge in [0.25, 0.3) is 0 Å². The zero-order valence-electron chi connectivity index (χ0n) is 8.41. The Kier molecular flexibility index (Phi) is 4.15. The largest absolute Gasteiger partial charge is 0.126 e. The van der Waals surface area contributed by atoms with E-state index in [-0.39, 0.29) is 27.5 Å². The van der Waals surface area contributed by atoms with Crippen molar-refractivity contribution in [3.05, 3.63) is 0 Å². The van der Waals surface area contributed by atoms with E-state index in [0.717, 1.165) is 6.42 Å². The molecule has 0 N–H and O–H groups in total. The van der Waals surface area contributed by atoms with E-state index in [1.54, 1.807) is 0 Å². The number of rotatable bonds is 3. The molecule has 2 fully saturated rings. The Hall–Kier alpha value is 1.74. The Morgan fingerprint density at radius 1 is 0.938 bits per heavy atom. The van der Waals surface area contributed by atoms with Crippen molar-refractivity contribution >= 4 is 69.6 Å². The minimum Gasteiger partial charge on any atom is -0.126 e. The maximum absolute atomic E-state index is 6.43. The summed E-state index contributed by atoms with van der Waals surface area (Å²) < 4.78 is 0. The third-order valence-electron chi connectivity index (χ3n) is 4.51. The van der Waals surface area contributed by atoms with Crippen LogP contribution in [0.2, 0.25) is 0 Å². The van der Waals surface area contributed by atoms with Gasteiger partial charge < -0.3 is 0 Å². The maximum Gasteiger partial charge on any atom is 0.0590 e. The molecule has 0 aromatic rings. The third kappa shape index (κ3) is 1.38. The molecule has 0 saturated heterocycles. The lowest BCUT2D eigenvalue weighted by molar-refractivity contribution is 0.170. The monoisotopic (exact) mass is 342 g/mol. The highest BCUT2D eigenvalue weighted by molar-refractivity contribution is 6.34. The van der Waals surface area contributed by atoms with Gasteiger partial charge in [-0.1, -0.05) is 0 Å². The summed E-state index contributed by atoms with van der Waals surface area (Å²) in [6, 6.07) is 0. The topological polar surface area (TPSA) is 0 Å². The van der Waals surface area contributed by atoms with Crippen molar-refractivity contribution < 1.29 is 0 Å². The second-order valence-electron chi connectivity index (χ2n) is 4.75. The zero-order chi connectivity index (χ0) is 12.1. The summed E-state index contributed by atoms with van der Waals surface area (Å²) in [6.45, 7) is 0. The van der Waals surface area contributed by atoms with E-state index in [1.165, 1.54) is 0 Å². The molecular weight excluding hydrogens is 333 g/mol. The van der Waals surface area contributed by atoms with Crippen LogP contribution < -0.4 is 0 Å². The lowest BCUT2D eigenvalue weighted by Crippen LogP contribution is -2.49. The fraction of sp³-hybridized carbons (Fsp3) is 1.00. The molecule has 2 rings (SSSR count). The van der Waals surface area contributed by atoms with Gasteiger partial charge in [-0.25, -0.2) is 0 Å². The van der Waals surface area contributed by atoms with E-state index < -0.39 is 5.41 Å². The smallest absolute Gasteiger partial charge is 0.0590 e. The van der Waals surface area contributed by atoms with Crippen LogP contribution in [0.1, 0.15) is 6.42 Å². The van der Waals surface area contributed by atoms with Gasteiger partial charge in [-0.2, -0.15) is 0 Å². The molecule has 0 aromatic heterocycles. The molecule has 2 aliphatic carbocycles. The number of halogens is 6. The summed E-state index contributed by atoms with van der Waals surface area (Å²) in [6.07, 6.45) is 0.797. The summed E-state index contributed by atoms with van der Waals surface area (Å²) in [5.74, 6) is 1.33. The average molecular weight is 345 g/mol. The third-order valence-corrected chi connectivity index (χ3v) is 7.82. The van der Waals surface area contributed by atoms with E-state index in [9.17, 15) is 0 Å². The first-order valence-corrected chi connectivity index (χ1v) is 8.03. The van der Waals surface area contributed by atoms with Crippen LogP contribution in [0.5, 0.6) is 0 Å². The molecule has 0 heterocycles. The van der Waals surface area contributed by atoms with Gasteiger partial charge in [0.05, 0.1) is 10.8 Å². The molecule has 2 bridgehead atoms. The van der Waals surface area contributed by atoms with Crippen molar-refractivity contribution in [1.29, 1.82) is 0 Å². The van der Waals surface area contributed by atoms with Crippen LogP contribution in [0.15, 0.2) is 0 Å². The Labute approximate surface area is 126 Å². The second kappa shape index (κ2) is 4.69. The van der Waals surface area contributed by atoms with Crippen molar-refractivity contribution in [2.45, 2.75) is 22.6 Å². The van der Waals surface area contributed by atoms with Crippen molar-refractivity contribution in [2.24, 2.45) is 16.7 Å². The Balaban J connectivity index is 2.54. The molecule has 2 saturated carbocycles.